The third kappa shape index (κ3) is 3.49. The number of benzene rings is 1. The summed E-state index contributed by atoms with van der Waals surface area (Å²) in [5, 5.41) is 0.522. The summed E-state index contributed by atoms with van der Waals surface area (Å²) in [4.78, 5) is 6.46. The largest absolute Gasteiger partial charge is 0.322 e. The molecule has 0 N–H and O–H groups in total. The van der Waals surface area contributed by atoms with Gasteiger partial charge in [0.1, 0.15) is 11.0 Å². The third-order valence-corrected chi connectivity index (χ3v) is 3.30. The van der Waals surface area contributed by atoms with E-state index >= 15 is 0 Å². The monoisotopic (exact) mass is 292 g/mol. The average molecular weight is 293 g/mol. The highest BCUT2D eigenvalue weighted by Gasteiger charge is 2.10. The SMILES string of the molecule is Cc1ccc(N(CC=CCl)c2ccccc2)nc1Cl. The highest BCUT2D eigenvalue weighted by Crippen LogP contribution is 2.25. The molecule has 0 unspecified atom stereocenters. The number of nitrogens with zero attached hydrogens (tertiary/aromatic N) is 2. The summed E-state index contributed by atoms with van der Waals surface area (Å²) in [6.45, 7) is 2.57. The smallest absolute Gasteiger partial charge is 0.135 e. The molecule has 0 aliphatic carbocycles. The van der Waals surface area contributed by atoms with Gasteiger partial charge in [-0.25, -0.2) is 4.98 Å². The van der Waals surface area contributed by atoms with Crippen LogP contribution in [0.1, 0.15) is 5.56 Å². The molecule has 19 heavy (non-hydrogen) atoms. The molecule has 0 aliphatic rings. The Balaban J connectivity index is 2.39. The van der Waals surface area contributed by atoms with E-state index in [1.807, 2.05) is 60.4 Å². The van der Waals surface area contributed by atoms with Crippen LogP contribution in [-0.4, -0.2) is 11.5 Å². The normalized spacial score (nSPS) is 10.9. The Morgan fingerprint density at radius 1 is 1.16 bits per heavy atom. The number of aromatic nitrogens is 1. The van der Waals surface area contributed by atoms with Crippen LogP contribution in [0.5, 0.6) is 0 Å². The second-order valence-corrected chi connectivity index (χ2v) is 4.69. The summed E-state index contributed by atoms with van der Waals surface area (Å²) < 4.78 is 0. The lowest BCUT2D eigenvalue weighted by atomic mass is 10.2. The van der Waals surface area contributed by atoms with E-state index in [2.05, 4.69) is 4.98 Å². The summed E-state index contributed by atoms with van der Waals surface area (Å²) in [7, 11) is 0. The third-order valence-electron chi connectivity index (χ3n) is 2.74. The molecule has 2 rings (SSSR count). The Morgan fingerprint density at radius 3 is 2.53 bits per heavy atom. The molecule has 0 spiro atoms. The predicted octanol–water partition coefficient (Wildman–Crippen LogP) is 4.93. The number of halogens is 2. The molecule has 0 saturated carbocycles. The van der Waals surface area contributed by atoms with Gasteiger partial charge in [-0.1, -0.05) is 53.5 Å². The van der Waals surface area contributed by atoms with Gasteiger partial charge in [-0.3, -0.25) is 0 Å². The molecule has 0 amide bonds. The summed E-state index contributed by atoms with van der Waals surface area (Å²) >= 11 is 11.7. The van der Waals surface area contributed by atoms with Gasteiger partial charge in [-0.2, -0.15) is 0 Å². The van der Waals surface area contributed by atoms with Crippen molar-refractivity contribution >= 4 is 34.7 Å². The molecule has 1 aromatic heterocycles. The fraction of sp³-hybridized carbons (Fsp3) is 0.133. The molecule has 0 saturated heterocycles. The van der Waals surface area contributed by atoms with Crippen LogP contribution in [0.2, 0.25) is 5.15 Å². The molecule has 98 valence electrons. The van der Waals surface area contributed by atoms with Crippen LogP contribution in [0.25, 0.3) is 0 Å². The number of para-hydroxylation sites is 1. The number of rotatable bonds is 4. The van der Waals surface area contributed by atoms with E-state index in [1.165, 1.54) is 5.54 Å². The molecular weight excluding hydrogens is 279 g/mol. The highest BCUT2D eigenvalue weighted by molar-refractivity contribution is 6.30. The quantitative estimate of drug-likeness (QED) is 0.743. The maximum Gasteiger partial charge on any atom is 0.135 e. The summed E-state index contributed by atoms with van der Waals surface area (Å²) in [6, 6.07) is 13.9. The average Bonchev–Trinajstić information content (AvgIpc) is 2.44. The van der Waals surface area contributed by atoms with E-state index in [0.29, 0.717) is 11.7 Å². The molecule has 0 atom stereocenters. The summed E-state index contributed by atoms with van der Waals surface area (Å²) in [5.74, 6) is 0.802. The predicted molar refractivity (Wildman–Crippen MR) is 82.4 cm³/mol. The maximum atomic E-state index is 6.10. The first-order chi connectivity index (χ1) is 9.22. The lowest BCUT2D eigenvalue weighted by Gasteiger charge is -2.22. The van der Waals surface area contributed by atoms with Crippen molar-refractivity contribution in [3.8, 4) is 0 Å². The van der Waals surface area contributed by atoms with Gasteiger partial charge < -0.3 is 4.90 Å². The Kier molecular flexibility index (Phi) is 4.83. The van der Waals surface area contributed by atoms with Gasteiger partial charge in [-0.05, 0) is 30.7 Å². The van der Waals surface area contributed by atoms with Gasteiger partial charge in [-0.15, -0.1) is 0 Å². The first-order valence-electron chi connectivity index (χ1n) is 5.93. The molecule has 0 radical (unpaired) electrons. The molecule has 2 nitrogen and oxygen atoms in total. The van der Waals surface area contributed by atoms with E-state index in [1.54, 1.807) is 0 Å². The molecule has 0 aliphatic heterocycles. The molecule has 4 heteroatoms. The van der Waals surface area contributed by atoms with Crippen LogP contribution in [0.4, 0.5) is 11.5 Å². The van der Waals surface area contributed by atoms with Gasteiger partial charge >= 0.3 is 0 Å². The van der Waals surface area contributed by atoms with Crippen molar-refractivity contribution in [2.24, 2.45) is 0 Å². The van der Waals surface area contributed by atoms with E-state index in [0.717, 1.165) is 17.1 Å². The lowest BCUT2D eigenvalue weighted by Crippen LogP contribution is -2.18. The zero-order valence-electron chi connectivity index (χ0n) is 10.6. The number of pyridine rings is 1. The number of anilines is 2. The second kappa shape index (κ2) is 6.60. The van der Waals surface area contributed by atoms with Gasteiger partial charge in [0.25, 0.3) is 0 Å². The van der Waals surface area contributed by atoms with E-state index in [4.69, 9.17) is 23.2 Å². The van der Waals surface area contributed by atoms with Gasteiger partial charge in [0.2, 0.25) is 0 Å². The van der Waals surface area contributed by atoms with Gasteiger partial charge in [0.15, 0.2) is 0 Å². The topological polar surface area (TPSA) is 16.1 Å². The van der Waals surface area contributed by atoms with Crippen molar-refractivity contribution in [3.05, 3.63) is 64.8 Å². The van der Waals surface area contributed by atoms with Crippen LogP contribution in [0.3, 0.4) is 0 Å². The Morgan fingerprint density at radius 2 is 1.89 bits per heavy atom. The van der Waals surface area contributed by atoms with Gasteiger partial charge in [0, 0.05) is 17.8 Å². The highest BCUT2D eigenvalue weighted by atomic mass is 35.5. The van der Waals surface area contributed by atoms with E-state index < -0.39 is 0 Å². The standard InChI is InChI=1S/C15H14Cl2N2/c1-12-8-9-14(18-15(12)17)19(11-5-10-16)13-6-3-2-4-7-13/h2-10H,11H2,1H3. The maximum absolute atomic E-state index is 6.10. The number of hydrogen-bond donors (Lipinski definition) is 0. The summed E-state index contributed by atoms with van der Waals surface area (Å²) in [6.07, 6.45) is 1.87. The van der Waals surface area contributed by atoms with Crippen molar-refractivity contribution < 1.29 is 0 Å². The van der Waals surface area contributed by atoms with Crippen molar-refractivity contribution in [2.45, 2.75) is 6.92 Å². The molecule has 2 aromatic rings. The van der Waals surface area contributed by atoms with Crippen LogP contribution in [0, 0.1) is 6.92 Å². The van der Waals surface area contributed by atoms with Crippen LogP contribution in [0.15, 0.2) is 54.1 Å². The Hall–Kier alpha value is -1.51. The number of hydrogen-bond acceptors (Lipinski definition) is 2. The first-order valence-corrected chi connectivity index (χ1v) is 6.75. The fourth-order valence-corrected chi connectivity index (χ4v) is 1.96. The van der Waals surface area contributed by atoms with E-state index in [9.17, 15) is 0 Å². The second-order valence-electron chi connectivity index (χ2n) is 4.09. The van der Waals surface area contributed by atoms with E-state index in [-0.39, 0.29) is 0 Å². The molecule has 1 heterocycles. The van der Waals surface area contributed by atoms with Crippen molar-refractivity contribution in [2.75, 3.05) is 11.4 Å². The zero-order chi connectivity index (χ0) is 13.7. The minimum absolute atomic E-state index is 0.522. The minimum Gasteiger partial charge on any atom is -0.322 e. The molecule has 0 bridgehead atoms. The van der Waals surface area contributed by atoms with Crippen molar-refractivity contribution in [3.63, 3.8) is 0 Å². The summed E-state index contributed by atoms with van der Waals surface area (Å²) in [5.41, 5.74) is 3.52. The zero-order valence-corrected chi connectivity index (χ0v) is 12.1. The Labute approximate surface area is 123 Å². The molecular formula is C15H14Cl2N2. The number of aryl methyl sites for hydroxylation is 1. The van der Waals surface area contributed by atoms with Crippen molar-refractivity contribution in [1.82, 2.24) is 4.98 Å². The first kappa shape index (κ1) is 13.9. The molecule has 1 aromatic carbocycles. The van der Waals surface area contributed by atoms with Crippen molar-refractivity contribution in [1.29, 1.82) is 0 Å². The van der Waals surface area contributed by atoms with Gasteiger partial charge in [0.05, 0.1) is 0 Å². The van der Waals surface area contributed by atoms with Crippen LogP contribution >= 0.6 is 23.2 Å². The lowest BCUT2D eigenvalue weighted by molar-refractivity contribution is 1.04. The fourth-order valence-electron chi connectivity index (χ4n) is 1.73. The van der Waals surface area contributed by atoms with Crippen LogP contribution < -0.4 is 4.90 Å². The molecule has 0 fully saturated rings. The van der Waals surface area contributed by atoms with Crippen LogP contribution in [-0.2, 0) is 0 Å². The minimum atomic E-state index is 0.522. The Bertz CT molecular complexity index is 568.